The van der Waals surface area contributed by atoms with Gasteiger partial charge in [0.2, 0.25) is 5.91 Å². The van der Waals surface area contributed by atoms with Crippen molar-refractivity contribution in [3.05, 3.63) is 70.2 Å². The van der Waals surface area contributed by atoms with E-state index in [1.807, 2.05) is 24.3 Å². The van der Waals surface area contributed by atoms with E-state index in [0.717, 1.165) is 17.7 Å². The van der Waals surface area contributed by atoms with Gasteiger partial charge < -0.3 is 10.6 Å². The third-order valence-corrected chi connectivity index (χ3v) is 5.24. The topological polar surface area (TPSA) is 44.4 Å². The number of rotatable bonds is 6. The van der Waals surface area contributed by atoms with Gasteiger partial charge in [0, 0.05) is 43.3 Å². The summed E-state index contributed by atoms with van der Waals surface area (Å²) in [6.45, 7) is 1.36. The van der Waals surface area contributed by atoms with Crippen molar-refractivity contribution in [2.75, 3.05) is 13.6 Å². The summed E-state index contributed by atoms with van der Waals surface area (Å²) in [6, 6.07) is 10.6. The fraction of sp³-hybridized carbons (Fsp3) is 0.350. The van der Waals surface area contributed by atoms with Crippen molar-refractivity contribution < 1.29 is 13.6 Å². The summed E-state index contributed by atoms with van der Waals surface area (Å²) in [5.74, 6) is -0.982. The molecule has 1 aliphatic rings. The molecule has 2 aromatic rings. The molecule has 0 radical (unpaired) electrons. The minimum absolute atomic E-state index is 0.0162. The largest absolute Gasteiger partial charge is 0.358 e. The number of likely N-dealkylation sites (tertiary alicyclic amines) is 1. The summed E-state index contributed by atoms with van der Waals surface area (Å²) in [4.78, 5) is 14.4. The zero-order chi connectivity index (χ0) is 19.4. The molecule has 2 N–H and O–H groups in total. The van der Waals surface area contributed by atoms with E-state index in [4.69, 9.17) is 11.6 Å². The molecule has 144 valence electrons. The van der Waals surface area contributed by atoms with E-state index in [-0.39, 0.29) is 30.1 Å². The van der Waals surface area contributed by atoms with Crippen molar-refractivity contribution in [3.63, 3.8) is 0 Å². The molecule has 1 fully saturated rings. The molecular weight excluding hydrogens is 372 g/mol. The summed E-state index contributed by atoms with van der Waals surface area (Å²) >= 11 is 6.25. The third-order valence-electron chi connectivity index (χ3n) is 4.87. The van der Waals surface area contributed by atoms with E-state index < -0.39 is 11.6 Å². The second-order valence-corrected chi connectivity index (χ2v) is 7.11. The lowest BCUT2D eigenvalue weighted by Gasteiger charge is -2.23. The highest BCUT2D eigenvalue weighted by molar-refractivity contribution is 6.31. The Bertz CT molecular complexity index is 818. The Balaban J connectivity index is 1.68. The molecule has 0 unspecified atom stereocenters. The Labute approximate surface area is 162 Å². The number of amides is 1. The molecule has 1 amide bonds. The standard InChI is InChI=1S/C20H22ClF2N3O/c1-24-20(27)19-9-16(25-10-14-8-15(22)6-7-18(14)23)12-26(19)11-13-4-2-3-5-17(13)21/h2-8,16,19,25H,9-12H2,1H3,(H,24,27)/t16-,19+/m1/s1. The van der Waals surface area contributed by atoms with E-state index >= 15 is 0 Å². The van der Waals surface area contributed by atoms with Crippen LogP contribution in [0.5, 0.6) is 0 Å². The van der Waals surface area contributed by atoms with Crippen molar-refractivity contribution in [1.29, 1.82) is 0 Å². The number of likely N-dealkylation sites (N-methyl/N-ethyl adjacent to an activating group) is 1. The maximum absolute atomic E-state index is 13.8. The van der Waals surface area contributed by atoms with Crippen LogP contribution in [0.25, 0.3) is 0 Å². The fourth-order valence-electron chi connectivity index (χ4n) is 3.44. The second kappa shape index (κ2) is 8.78. The number of hydrogen-bond acceptors (Lipinski definition) is 3. The summed E-state index contributed by atoms with van der Waals surface area (Å²) < 4.78 is 27.2. The predicted octanol–water partition coefficient (Wildman–Crippen LogP) is 3.10. The number of carbonyl (C=O) groups excluding carboxylic acids is 1. The van der Waals surface area contributed by atoms with Crippen LogP contribution in [0, 0.1) is 11.6 Å². The van der Waals surface area contributed by atoms with Gasteiger partial charge in [-0.25, -0.2) is 8.78 Å². The van der Waals surface area contributed by atoms with Crippen molar-refractivity contribution in [1.82, 2.24) is 15.5 Å². The Kier molecular flexibility index (Phi) is 6.42. The molecule has 0 aromatic heterocycles. The second-order valence-electron chi connectivity index (χ2n) is 6.70. The first kappa shape index (κ1) is 19.7. The van der Waals surface area contributed by atoms with E-state index in [1.54, 1.807) is 7.05 Å². The first-order valence-corrected chi connectivity index (χ1v) is 9.22. The van der Waals surface area contributed by atoms with Crippen molar-refractivity contribution in [2.45, 2.75) is 31.6 Å². The number of nitrogens with zero attached hydrogens (tertiary/aromatic N) is 1. The first-order valence-electron chi connectivity index (χ1n) is 8.84. The minimum atomic E-state index is -0.469. The fourth-order valence-corrected chi connectivity index (χ4v) is 3.64. The highest BCUT2D eigenvalue weighted by Gasteiger charge is 2.36. The van der Waals surface area contributed by atoms with Crippen molar-refractivity contribution >= 4 is 17.5 Å². The Morgan fingerprint density at radius 3 is 2.74 bits per heavy atom. The van der Waals surface area contributed by atoms with Crippen LogP contribution in [0.4, 0.5) is 8.78 Å². The highest BCUT2D eigenvalue weighted by atomic mass is 35.5. The molecule has 0 spiro atoms. The van der Waals surface area contributed by atoms with Gasteiger partial charge in [-0.2, -0.15) is 0 Å². The van der Waals surface area contributed by atoms with Crippen LogP contribution in [0.2, 0.25) is 5.02 Å². The van der Waals surface area contributed by atoms with Gasteiger partial charge in [0.1, 0.15) is 11.6 Å². The Morgan fingerprint density at radius 2 is 2.00 bits per heavy atom. The van der Waals surface area contributed by atoms with E-state index in [0.29, 0.717) is 24.5 Å². The zero-order valence-corrected chi connectivity index (χ0v) is 15.8. The molecular formula is C20H22ClF2N3O. The van der Waals surface area contributed by atoms with Gasteiger partial charge in [0.25, 0.3) is 0 Å². The van der Waals surface area contributed by atoms with Crippen LogP contribution in [0.3, 0.4) is 0 Å². The average Bonchev–Trinajstić information content (AvgIpc) is 3.06. The quantitative estimate of drug-likeness (QED) is 0.792. The molecule has 1 saturated heterocycles. The lowest BCUT2D eigenvalue weighted by atomic mass is 10.1. The summed E-state index contributed by atoms with van der Waals surface area (Å²) in [6.07, 6.45) is 0.584. The number of hydrogen-bond donors (Lipinski definition) is 2. The Morgan fingerprint density at radius 1 is 1.22 bits per heavy atom. The van der Waals surface area contributed by atoms with Gasteiger partial charge in [0.15, 0.2) is 0 Å². The monoisotopic (exact) mass is 393 g/mol. The van der Waals surface area contributed by atoms with Gasteiger partial charge >= 0.3 is 0 Å². The van der Waals surface area contributed by atoms with Crippen LogP contribution in [-0.4, -0.2) is 36.5 Å². The zero-order valence-electron chi connectivity index (χ0n) is 15.0. The molecule has 1 aliphatic heterocycles. The van der Waals surface area contributed by atoms with E-state index in [9.17, 15) is 13.6 Å². The molecule has 7 heteroatoms. The first-order chi connectivity index (χ1) is 13.0. The molecule has 4 nitrogen and oxygen atoms in total. The molecule has 2 aromatic carbocycles. The molecule has 1 heterocycles. The number of nitrogens with one attached hydrogen (secondary N) is 2. The summed E-state index contributed by atoms with van der Waals surface area (Å²) in [5, 5.41) is 6.60. The maximum Gasteiger partial charge on any atom is 0.237 e. The predicted molar refractivity (Wildman–Crippen MR) is 101 cm³/mol. The van der Waals surface area contributed by atoms with Gasteiger partial charge in [-0.15, -0.1) is 0 Å². The smallest absolute Gasteiger partial charge is 0.237 e. The SMILES string of the molecule is CNC(=O)[C@@H]1C[C@@H](NCc2cc(F)ccc2F)CN1Cc1ccccc1Cl. The number of benzene rings is 2. The van der Waals surface area contributed by atoms with Crippen LogP contribution < -0.4 is 10.6 Å². The molecule has 3 rings (SSSR count). The van der Waals surface area contributed by atoms with Crippen LogP contribution >= 0.6 is 11.6 Å². The highest BCUT2D eigenvalue weighted by Crippen LogP contribution is 2.24. The van der Waals surface area contributed by atoms with Gasteiger partial charge in [0.05, 0.1) is 6.04 Å². The summed E-state index contributed by atoms with van der Waals surface area (Å²) in [5.41, 5.74) is 1.22. The number of halogens is 3. The van der Waals surface area contributed by atoms with Crippen LogP contribution in [-0.2, 0) is 17.9 Å². The Hall–Kier alpha value is -2.02. The minimum Gasteiger partial charge on any atom is -0.358 e. The molecule has 0 bridgehead atoms. The lowest BCUT2D eigenvalue weighted by molar-refractivity contribution is -0.125. The molecule has 0 saturated carbocycles. The van der Waals surface area contributed by atoms with Crippen LogP contribution in [0.15, 0.2) is 42.5 Å². The van der Waals surface area contributed by atoms with Crippen LogP contribution in [0.1, 0.15) is 17.5 Å². The molecule has 2 atom stereocenters. The lowest BCUT2D eigenvalue weighted by Crippen LogP contribution is -2.41. The van der Waals surface area contributed by atoms with Gasteiger partial charge in [-0.1, -0.05) is 29.8 Å². The maximum atomic E-state index is 13.8. The average molecular weight is 394 g/mol. The van der Waals surface area contributed by atoms with Gasteiger partial charge in [-0.3, -0.25) is 9.69 Å². The van der Waals surface area contributed by atoms with E-state index in [2.05, 4.69) is 15.5 Å². The third kappa shape index (κ3) is 4.83. The van der Waals surface area contributed by atoms with Crippen molar-refractivity contribution in [3.8, 4) is 0 Å². The normalized spacial score (nSPS) is 20.0. The summed E-state index contributed by atoms with van der Waals surface area (Å²) in [7, 11) is 1.61. The molecule has 27 heavy (non-hydrogen) atoms. The number of carbonyl (C=O) groups is 1. The van der Waals surface area contributed by atoms with Crippen molar-refractivity contribution in [2.24, 2.45) is 0 Å². The van der Waals surface area contributed by atoms with Gasteiger partial charge in [-0.05, 0) is 36.2 Å². The molecule has 0 aliphatic carbocycles. The van der Waals surface area contributed by atoms with E-state index in [1.165, 1.54) is 6.07 Å².